The van der Waals surface area contributed by atoms with E-state index in [4.69, 9.17) is 0 Å². The summed E-state index contributed by atoms with van der Waals surface area (Å²) in [6.07, 6.45) is 2.97. The van der Waals surface area contributed by atoms with Crippen LogP contribution in [0, 0.1) is 12.8 Å². The summed E-state index contributed by atoms with van der Waals surface area (Å²) in [5.41, 5.74) is 2.56. The van der Waals surface area contributed by atoms with Crippen LogP contribution in [0.3, 0.4) is 0 Å². The minimum absolute atomic E-state index is 0. The molecule has 2 unspecified atom stereocenters. The van der Waals surface area contributed by atoms with Crippen LogP contribution in [0.5, 0.6) is 0 Å². The highest BCUT2D eigenvalue weighted by atomic mass is 35.5. The van der Waals surface area contributed by atoms with Gasteiger partial charge in [0.05, 0.1) is 6.04 Å². The highest BCUT2D eigenvalue weighted by molar-refractivity contribution is 7.99. The third-order valence-electron chi connectivity index (χ3n) is 4.84. The number of hydrogen-bond donors (Lipinski definition) is 1. The highest BCUT2D eigenvalue weighted by Gasteiger charge is 2.28. The van der Waals surface area contributed by atoms with Crippen molar-refractivity contribution in [3.8, 4) is 0 Å². The fourth-order valence-electron chi connectivity index (χ4n) is 3.40. The fourth-order valence-corrected chi connectivity index (χ4v) is 4.49. The van der Waals surface area contributed by atoms with Crippen LogP contribution < -0.4 is 5.32 Å². The van der Waals surface area contributed by atoms with Gasteiger partial charge in [-0.25, -0.2) is 0 Å². The molecule has 0 spiro atoms. The first kappa shape index (κ1) is 18.6. The van der Waals surface area contributed by atoms with Crippen LogP contribution in [0.15, 0.2) is 24.3 Å². The number of carbonyl (C=O) groups is 1. The molecular weight excluding hydrogens is 328 g/mol. The molecule has 1 amide bonds. The average Bonchev–Trinajstić information content (AvgIpc) is 3.07. The van der Waals surface area contributed by atoms with Crippen LogP contribution in [-0.4, -0.2) is 41.9 Å². The van der Waals surface area contributed by atoms with Crippen molar-refractivity contribution in [2.45, 2.75) is 32.2 Å². The number of hydrogen-bond acceptors (Lipinski definition) is 3. The molecule has 1 N–H and O–H groups in total. The molecule has 2 heterocycles. The summed E-state index contributed by atoms with van der Waals surface area (Å²) in [5.74, 6) is 3.14. The van der Waals surface area contributed by atoms with Gasteiger partial charge in [-0.05, 0) is 44.3 Å². The molecule has 0 aliphatic carbocycles. The monoisotopic (exact) mass is 354 g/mol. The lowest BCUT2D eigenvalue weighted by atomic mass is 10.0. The maximum absolute atomic E-state index is 12.7. The van der Waals surface area contributed by atoms with Gasteiger partial charge < -0.3 is 10.2 Å². The Hall–Kier alpha value is -0.710. The van der Waals surface area contributed by atoms with Gasteiger partial charge in [0.25, 0.3) is 0 Å². The molecule has 2 saturated heterocycles. The van der Waals surface area contributed by atoms with Gasteiger partial charge in [-0.2, -0.15) is 11.8 Å². The Bertz CT molecular complexity index is 502. The number of halogens is 1. The Morgan fingerprint density at radius 2 is 2.13 bits per heavy atom. The lowest BCUT2D eigenvalue weighted by Crippen LogP contribution is -2.40. The number of aryl methyl sites for hydroxylation is 1. The molecule has 23 heavy (non-hydrogen) atoms. The number of nitrogens with one attached hydrogen (secondary N) is 1. The second-order valence-electron chi connectivity index (χ2n) is 6.49. The van der Waals surface area contributed by atoms with Gasteiger partial charge in [-0.3, -0.25) is 4.79 Å². The Morgan fingerprint density at radius 3 is 2.83 bits per heavy atom. The molecule has 5 heteroatoms. The summed E-state index contributed by atoms with van der Waals surface area (Å²) < 4.78 is 0. The van der Waals surface area contributed by atoms with Gasteiger partial charge in [-0.1, -0.05) is 29.8 Å². The van der Waals surface area contributed by atoms with Crippen molar-refractivity contribution in [1.29, 1.82) is 0 Å². The fraction of sp³-hybridized carbons (Fsp3) is 0.611. The zero-order valence-corrected chi connectivity index (χ0v) is 15.4. The Labute approximate surface area is 150 Å². The summed E-state index contributed by atoms with van der Waals surface area (Å²) in [4.78, 5) is 14.8. The molecule has 2 atom stereocenters. The largest absolute Gasteiger partial charge is 0.334 e. The zero-order valence-electron chi connectivity index (χ0n) is 13.8. The minimum atomic E-state index is 0. The average molecular weight is 355 g/mol. The number of carbonyl (C=O) groups excluding carboxylic acids is 1. The quantitative estimate of drug-likeness (QED) is 0.899. The van der Waals surface area contributed by atoms with Crippen LogP contribution >= 0.6 is 24.2 Å². The maximum atomic E-state index is 12.7. The molecule has 3 nitrogen and oxygen atoms in total. The smallest absolute Gasteiger partial charge is 0.223 e. The first-order chi connectivity index (χ1) is 10.7. The van der Waals surface area contributed by atoms with Crippen LogP contribution in [0.1, 0.15) is 36.4 Å². The molecule has 2 aliphatic heterocycles. The molecule has 1 aromatic carbocycles. The first-order valence-corrected chi connectivity index (χ1v) is 9.54. The predicted octanol–water partition coefficient (Wildman–Crippen LogP) is 3.42. The third-order valence-corrected chi connectivity index (χ3v) is 5.86. The number of thioether (sulfide) groups is 1. The van der Waals surface area contributed by atoms with Crippen molar-refractivity contribution < 1.29 is 4.79 Å². The highest BCUT2D eigenvalue weighted by Crippen LogP contribution is 2.31. The second kappa shape index (κ2) is 8.95. The standard InChI is InChI=1S/C18H26N2OS.ClH/c1-14-2-5-16(6-3-14)17-13-22-11-10-20(17)18(21)7-4-15-8-9-19-12-15;/h2-3,5-6,15,17,19H,4,7-13H2,1H3;1H. The molecule has 128 valence electrons. The second-order valence-corrected chi connectivity index (χ2v) is 7.64. The molecule has 3 rings (SSSR count). The van der Waals surface area contributed by atoms with E-state index >= 15 is 0 Å². The Balaban J connectivity index is 0.00000192. The number of benzene rings is 1. The molecule has 0 bridgehead atoms. The van der Waals surface area contributed by atoms with E-state index in [0.717, 1.165) is 37.6 Å². The van der Waals surface area contributed by atoms with Crippen molar-refractivity contribution in [3.05, 3.63) is 35.4 Å². The van der Waals surface area contributed by atoms with Crippen LogP contribution in [0.4, 0.5) is 0 Å². The van der Waals surface area contributed by atoms with Crippen molar-refractivity contribution in [2.75, 3.05) is 31.1 Å². The van der Waals surface area contributed by atoms with E-state index in [-0.39, 0.29) is 18.4 Å². The van der Waals surface area contributed by atoms with Gasteiger partial charge in [0.2, 0.25) is 5.91 Å². The molecule has 2 fully saturated rings. The lowest BCUT2D eigenvalue weighted by Gasteiger charge is -2.36. The van der Waals surface area contributed by atoms with Gasteiger partial charge in [-0.15, -0.1) is 12.4 Å². The zero-order chi connectivity index (χ0) is 15.4. The van der Waals surface area contributed by atoms with E-state index in [2.05, 4.69) is 41.4 Å². The third kappa shape index (κ3) is 4.88. The normalized spacial score (nSPS) is 24.3. The van der Waals surface area contributed by atoms with Gasteiger partial charge in [0.15, 0.2) is 0 Å². The van der Waals surface area contributed by atoms with Crippen molar-refractivity contribution in [3.63, 3.8) is 0 Å². The Kier molecular flexibility index (Phi) is 7.25. The number of nitrogens with zero attached hydrogens (tertiary/aromatic N) is 1. The van der Waals surface area contributed by atoms with E-state index in [1.807, 2.05) is 11.8 Å². The summed E-state index contributed by atoms with van der Waals surface area (Å²) in [5, 5.41) is 3.39. The van der Waals surface area contributed by atoms with Crippen molar-refractivity contribution >= 4 is 30.1 Å². The topological polar surface area (TPSA) is 32.3 Å². The molecular formula is C18H27ClN2OS. The van der Waals surface area contributed by atoms with Crippen LogP contribution in [0.25, 0.3) is 0 Å². The van der Waals surface area contributed by atoms with E-state index in [0.29, 0.717) is 18.2 Å². The summed E-state index contributed by atoms with van der Waals surface area (Å²) in [6, 6.07) is 8.94. The van der Waals surface area contributed by atoms with E-state index in [1.165, 1.54) is 17.5 Å². The van der Waals surface area contributed by atoms with E-state index in [9.17, 15) is 4.79 Å². The van der Waals surface area contributed by atoms with Crippen molar-refractivity contribution in [1.82, 2.24) is 10.2 Å². The van der Waals surface area contributed by atoms with Gasteiger partial charge in [0, 0.05) is 24.5 Å². The summed E-state index contributed by atoms with van der Waals surface area (Å²) >= 11 is 1.96. The molecule has 0 radical (unpaired) electrons. The molecule has 1 aromatic rings. The Morgan fingerprint density at radius 1 is 1.35 bits per heavy atom. The maximum Gasteiger partial charge on any atom is 0.223 e. The van der Waals surface area contributed by atoms with Crippen LogP contribution in [0.2, 0.25) is 0 Å². The first-order valence-electron chi connectivity index (χ1n) is 8.38. The minimum Gasteiger partial charge on any atom is -0.334 e. The lowest BCUT2D eigenvalue weighted by molar-refractivity contribution is -0.133. The molecule has 2 aliphatic rings. The van der Waals surface area contributed by atoms with Crippen molar-refractivity contribution in [2.24, 2.45) is 5.92 Å². The van der Waals surface area contributed by atoms with E-state index < -0.39 is 0 Å². The van der Waals surface area contributed by atoms with Gasteiger partial charge in [0.1, 0.15) is 0 Å². The number of rotatable bonds is 4. The molecule has 0 aromatic heterocycles. The van der Waals surface area contributed by atoms with E-state index in [1.54, 1.807) is 0 Å². The summed E-state index contributed by atoms with van der Waals surface area (Å²) in [6.45, 7) is 5.21. The van der Waals surface area contributed by atoms with Crippen LogP contribution in [-0.2, 0) is 4.79 Å². The SMILES string of the molecule is Cc1ccc(C2CSCCN2C(=O)CCC2CCNC2)cc1.Cl. The molecule has 0 saturated carbocycles. The van der Waals surface area contributed by atoms with Gasteiger partial charge >= 0.3 is 0 Å². The number of amides is 1. The predicted molar refractivity (Wildman–Crippen MR) is 100 cm³/mol. The summed E-state index contributed by atoms with van der Waals surface area (Å²) in [7, 11) is 0.